The molecule has 4 nitrogen and oxygen atoms in total. The van der Waals surface area contributed by atoms with Crippen molar-refractivity contribution in [2.24, 2.45) is 5.73 Å². The number of thiocarbonyl (C=S) groups is 1. The number of carbonyl (C=O) groups excluding carboxylic acids is 1. The Labute approximate surface area is 115 Å². The number of phenols is 1. The van der Waals surface area contributed by atoms with Crippen LogP contribution in [0.5, 0.6) is 5.75 Å². The van der Waals surface area contributed by atoms with Crippen LogP contribution in [0.15, 0.2) is 18.2 Å². The third-order valence-corrected chi connectivity index (χ3v) is 3.61. The predicted molar refractivity (Wildman–Crippen MR) is 74.0 cm³/mol. The van der Waals surface area contributed by atoms with Crippen LogP contribution in [0.4, 0.5) is 0 Å². The Hall–Kier alpha value is -1.33. The lowest BCUT2D eigenvalue weighted by Crippen LogP contribution is -2.42. The zero-order chi connectivity index (χ0) is 13.3. The summed E-state index contributed by atoms with van der Waals surface area (Å²) in [7, 11) is 0. The Kier molecular flexibility index (Phi) is 3.73. The highest BCUT2D eigenvalue weighted by molar-refractivity contribution is 7.80. The zero-order valence-corrected chi connectivity index (χ0v) is 11.2. The first-order valence-corrected chi connectivity index (χ1v) is 6.38. The molecule has 1 amide bonds. The lowest BCUT2D eigenvalue weighted by molar-refractivity contribution is 0.0770. The topological polar surface area (TPSA) is 66.6 Å². The Bertz CT molecular complexity index is 507. The molecule has 1 fully saturated rings. The van der Waals surface area contributed by atoms with E-state index >= 15 is 0 Å². The Balaban J connectivity index is 2.25. The van der Waals surface area contributed by atoms with E-state index in [2.05, 4.69) is 0 Å². The predicted octanol–water partition coefficient (Wildman–Crippen LogP) is 1.94. The Morgan fingerprint density at radius 1 is 1.56 bits per heavy atom. The zero-order valence-electron chi connectivity index (χ0n) is 9.60. The summed E-state index contributed by atoms with van der Waals surface area (Å²) in [5, 5.41) is 9.49. The van der Waals surface area contributed by atoms with Crippen LogP contribution in [0.25, 0.3) is 0 Å². The maximum atomic E-state index is 12.3. The molecule has 1 heterocycles. The summed E-state index contributed by atoms with van der Waals surface area (Å²) in [6, 6.07) is 4.22. The molecule has 0 spiro atoms. The number of amides is 1. The van der Waals surface area contributed by atoms with Gasteiger partial charge in [-0.15, -0.1) is 0 Å². The number of benzene rings is 1. The molecule has 0 bridgehead atoms. The van der Waals surface area contributed by atoms with Gasteiger partial charge in [0.15, 0.2) is 0 Å². The van der Waals surface area contributed by atoms with Gasteiger partial charge < -0.3 is 15.7 Å². The maximum Gasteiger partial charge on any atom is 0.254 e. The molecule has 0 radical (unpaired) electrons. The molecule has 6 heteroatoms. The number of hydrogen-bond acceptors (Lipinski definition) is 3. The smallest absolute Gasteiger partial charge is 0.254 e. The number of rotatable bonds is 2. The third-order valence-electron chi connectivity index (χ3n) is 3.04. The summed E-state index contributed by atoms with van der Waals surface area (Å²) in [6.07, 6.45) is 1.69. The van der Waals surface area contributed by atoms with E-state index in [4.69, 9.17) is 29.6 Å². The van der Waals surface area contributed by atoms with Gasteiger partial charge in [0.1, 0.15) is 5.75 Å². The molecule has 1 aromatic rings. The summed E-state index contributed by atoms with van der Waals surface area (Å²) >= 11 is 10.8. The summed E-state index contributed by atoms with van der Waals surface area (Å²) in [6.45, 7) is 0.638. The van der Waals surface area contributed by atoms with Gasteiger partial charge in [-0.1, -0.05) is 23.8 Å². The van der Waals surface area contributed by atoms with Gasteiger partial charge in [-0.25, -0.2) is 0 Å². The van der Waals surface area contributed by atoms with Gasteiger partial charge in [-0.3, -0.25) is 4.79 Å². The molecular weight excluding hydrogens is 272 g/mol. The highest BCUT2D eigenvalue weighted by Crippen LogP contribution is 2.26. The molecule has 1 atom stereocenters. The fourth-order valence-electron chi connectivity index (χ4n) is 2.11. The van der Waals surface area contributed by atoms with Crippen LogP contribution in [0.2, 0.25) is 5.02 Å². The summed E-state index contributed by atoms with van der Waals surface area (Å²) in [5.74, 6) is -0.201. The minimum absolute atomic E-state index is 0.0412. The monoisotopic (exact) mass is 284 g/mol. The summed E-state index contributed by atoms with van der Waals surface area (Å²) in [4.78, 5) is 14.3. The van der Waals surface area contributed by atoms with Gasteiger partial charge in [0.2, 0.25) is 0 Å². The van der Waals surface area contributed by atoms with Crippen molar-refractivity contribution < 1.29 is 9.90 Å². The van der Waals surface area contributed by atoms with Gasteiger partial charge in [-0.05, 0) is 31.0 Å². The Morgan fingerprint density at radius 2 is 2.28 bits per heavy atom. The molecule has 1 aliphatic heterocycles. The highest BCUT2D eigenvalue weighted by atomic mass is 35.5. The van der Waals surface area contributed by atoms with Crippen molar-refractivity contribution in [1.29, 1.82) is 0 Å². The van der Waals surface area contributed by atoms with E-state index in [9.17, 15) is 9.90 Å². The van der Waals surface area contributed by atoms with E-state index in [1.165, 1.54) is 12.1 Å². The lowest BCUT2D eigenvalue weighted by atomic mass is 10.1. The maximum absolute atomic E-state index is 12.3. The van der Waals surface area contributed by atoms with Crippen molar-refractivity contribution in [3.05, 3.63) is 28.8 Å². The van der Waals surface area contributed by atoms with Crippen molar-refractivity contribution in [3.63, 3.8) is 0 Å². The molecule has 0 aromatic heterocycles. The van der Waals surface area contributed by atoms with Gasteiger partial charge in [0.25, 0.3) is 5.91 Å². The normalized spacial score (nSPS) is 18.9. The second-order valence-electron chi connectivity index (χ2n) is 4.23. The standard InChI is InChI=1S/C12H13ClN2O2S/c13-8-6-7(3-4-10(8)16)12(17)15-5-1-2-9(15)11(14)18/h3-4,6,9,16H,1-2,5H2,(H2,14,18). The molecule has 1 unspecified atom stereocenters. The van der Waals surface area contributed by atoms with Gasteiger partial charge >= 0.3 is 0 Å². The molecule has 96 valence electrons. The highest BCUT2D eigenvalue weighted by Gasteiger charge is 2.31. The second kappa shape index (κ2) is 5.12. The number of phenolic OH excluding ortho intramolecular Hbond substituents is 1. The molecule has 0 saturated carbocycles. The summed E-state index contributed by atoms with van der Waals surface area (Å²) in [5.41, 5.74) is 6.06. The lowest BCUT2D eigenvalue weighted by Gasteiger charge is -2.23. The second-order valence-corrected chi connectivity index (χ2v) is 5.10. The van der Waals surface area contributed by atoms with Gasteiger partial charge in [0.05, 0.1) is 16.1 Å². The van der Waals surface area contributed by atoms with E-state index in [1.54, 1.807) is 11.0 Å². The first kappa shape index (κ1) is 13.1. The molecule has 1 aromatic carbocycles. The minimum Gasteiger partial charge on any atom is -0.506 e. The third kappa shape index (κ3) is 2.42. The molecule has 3 N–H and O–H groups in total. The number of halogens is 1. The van der Waals surface area contributed by atoms with Crippen molar-refractivity contribution >= 4 is 34.7 Å². The quantitative estimate of drug-likeness (QED) is 0.815. The van der Waals surface area contributed by atoms with Crippen LogP contribution >= 0.6 is 23.8 Å². The van der Waals surface area contributed by atoms with Crippen LogP contribution in [-0.2, 0) is 0 Å². The fraction of sp³-hybridized carbons (Fsp3) is 0.333. The summed E-state index contributed by atoms with van der Waals surface area (Å²) < 4.78 is 0. The average Bonchev–Trinajstić information content (AvgIpc) is 2.81. The van der Waals surface area contributed by atoms with Crippen LogP contribution in [-0.4, -0.2) is 33.5 Å². The van der Waals surface area contributed by atoms with E-state index in [0.717, 1.165) is 12.8 Å². The molecule has 18 heavy (non-hydrogen) atoms. The van der Waals surface area contributed by atoms with Crippen molar-refractivity contribution in [2.75, 3.05) is 6.54 Å². The Morgan fingerprint density at radius 3 is 2.89 bits per heavy atom. The largest absolute Gasteiger partial charge is 0.506 e. The van der Waals surface area contributed by atoms with E-state index in [0.29, 0.717) is 17.1 Å². The molecule has 0 aliphatic carbocycles. The average molecular weight is 285 g/mol. The fourth-order valence-corrected chi connectivity index (χ4v) is 2.54. The first-order valence-electron chi connectivity index (χ1n) is 5.59. The number of nitrogens with zero attached hydrogens (tertiary/aromatic N) is 1. The van der Waals surface area contributed by atoms with Crippen molar-refractivity contribution in [3.8, 4) is 5.75 Å². The molecule has 1 saturated heterocycles. The first-order chi connectivity index (χ1) is 8.50. The number of hydrogen-bond donors (Lipinski definition) is 2. The molecule has 1 aliphatic rings. The van der Waals surface area contributed by atoms with E-state index < -0.39 is 0 Å². The number of aromatic hydroxyl groups is 1. The van der Waals surface area contributed by atoms with Crippen LogP contribution in [0, 0.1) is 0 Å². The molecule has 2 rings (SSSR count). The van der Waals surface area contributed by atoms with Gasteiger partial charge in [-0.2, -0.15) is 0 Å². The van der Waals surface area contributed by atoms with E-state index in [1.807, 2.05) is 0 Å². The van der Waals surface area contributed by atoms with Crippen LogP contribution in [0.3, 0.4) is 0 Å². The van der Waals surface area contributed by atoms with E-state index in [-0.39, 0.29) is 22.7 Å². The van der Waals surface area contributed by atoms with Crippen LogP contribution in [0.1, 0.15) is 23.2 Å². The molecular formula is C12H13ClN2O2S. The van der Waals surface area contributed by atoms with Crippen molar-refractivity contribution in [1.82, 2.24) is 4.90 Å². The van der Waals surface area contributed by atoms with Crippen molar-refractivity contribution in [2.45, 2.75) is 18.9 Å². The number of carbonyl (C=O) groups is 1. The van der Waals surface area contributed by atoms with Gasteiger partial charge in [0, 0.05) is 12.1 Å². The SMILES string of the molecule is NC(=S)C1CCCN1C(=O)c1ccc(O)c(Cl)c1. The number of likely N-dealkylation sites (tertiary alicyclic amines) is 1. The minimum atomic E-state index is -0.180. The number of nitrogens with two attached hydrogens (primary N) is 1. The van der Waals surface area contributed by atoms with Crippen LogP contribution < -0.4 is 5.73 Å².